The lowest BCUT2D eigenvalue weighted by atomic mass is 10.5. The zero-order valence-corrected chi connectivity index (χ0v) is 12.0. The normalized spacial score (nSPS) is 11.5. The minimum absolute atomic E-state index is 0.0640. The molecule has 1 rings (SSSR count). The van der Waals surface area contributed by atoms with Gasteiger partial charge < -0.3 is 9.47 Å². The molecule has 11 heteroatoms. The molecule has 124 valence electrons. The summed E-state index contributed by atoms with van der Waals surface area (Å²) in [4.78, 5) is 26.9. The summed E-state index contributed by atoms with van der Waals surface area (Å²) >= 11 is 0. The predicted molar refractivity (Wildman–Crippen MR) is 65.6 cm³/mol. The Morgan fingerprint density at radius 2 is 2.09 bits per heavy atom. The molecule has 0 fully saturated rings. The van der Waals surface area contributed by atoms with Crippen LogP contribution in [-0.4, -0.2) is 64.6 Å². The molecule has 0 atom stereocenters. The van der Waals surface area contributed by atoms with E-state index in [1.807, 2.05) is 0 Å². The van der Waals surface area contributed by atoms with Crippen molar-refractivity contribution in [3.8, 4) is 0 Å². The average Bonchev–Trinajstić information content (AvgIpc) is 2.84. The van der Waals surface area contributed by atoms with Crippen molar-refractivity contribution in [1.82, 2.24) is 19.7 Å². The highest BCUT2D eigenvalue weighted by atomic mass is 19.4. The smallest absolute Gasteiger partial charge is 0.401 e. The Kier molecular flexibility index (Phi) is 6.28. The van der Waals surface area contributed by atoms with Crippen molar-refractivity contribution in [2.45, 2.75) is 19.8 Å². The number of aromatic nitrogens is 3. The summed E-state index contributed by atoms with van der Waals surface area (Å²) in [7, 11) is 1.12. The van der Waals surface area contributed by atoms with Crippen molar-refractivity contribution >= 4 is 11.9 Å². The molecule has 1 aromatic rings. The van der Waals surface area contributed by atoms with Gasteiger partial charge in [-0.25, -0.2) is 14.5 Å². The topological polar surface area (TPSA) is 86.6 Å². The summed E-state index contributed by atoms with van der Waals surface area (Å²) in [6.07, 6.45) is -3.43. The molecule has 22 heavy (non-hydrogen) atoms. The highest BCUT2D eigenvalue weighted by Crippen LogP contribution is 2.16. The molecular weight excluding hydrogens is 309 g/mol. The number of alkyl halides is 3. The quantitative estimate of drug-likeness (QED) is 0.673. The first kappa shape index (κ1) is 17.9. The summed E-state index contributed by atoms with van der Waals surface area (Å²) in [6, 6.07) is 0. The average molecular weight is 324 g/mol. The molecule has 0 saturated carbocycles. The summed E-state index contributed by atoms with van der Waals surface area (Å²) in [6.45, 7) is -0.678. The number of carbonyl (C=O) groups is 2. The number of esters is 2. The van der Waals surface area contributed by atoms with Gasteiger partial charge in [0.05, 0.1) is 33.5 Å². The summed E-state index contributed by atoms with van der Waals surface area (Å²) in [5.74, 6) is -1.89. The van der Waals surface area contributed by atoms with Gasteiger partial charge in [0.1, 0.15) is 6.33 Å². The van der Waals surface area contributed by atoms with Crippen LogP contribution in [-0.2, 0) is 20.9 Å². The highest BCUT2D eigenvalue weighted by molar-refractivity contribution is 5.84. The molecule has 0 aliphatic carbocycles. The fraction of sp³-hybridized carbons (Fsp3) is 0.636. The molecule has 0 aliphatic rings. The number of hydrogen-bond donors (Lipinski definition) is 0. The van der Waals surface area contributed by atoms with Crippen LogP contribution in [0.2, 0.25) is 0 Å². The van der Waals surface area contributed by atoms with Gasteiger partial charge in [-0.05, 0) is 6.92 Å². The van der Waals surface area contributed by atoms with Gasteiger partial charge in [-0.15, -0.1) is 5.10 Å². The largest absolute Gasteiger partial charge is 0.465 e. The van der Waals surface area contributed by atoms with E-state index in [1.54, 1.807) is 6.92 Å². The van der Waals surface area contributed by atoms with E-state index in [0.29, 0.717) is 0 Å². The number of hydrogen-bond acceptors (Lipinski definition) is 7. The van der Waals surface area contributed by atoms with Crippen molar-refractivity contribution in [3.63, 3.8) is 0 Å². The Hall–Kier alpha value is -2.17. The molecule has 0 bridgehead atoms. The Morgan fingerprint density at radius 1 is 1.41 bits per heavy atom. The zero-order valence-electron chi connectivity index (χ0n) is 12.0. The zero-order chi connectivity index (χ0) is 16.8. The molecule has 0 N–H and O–H groups in total. The number of halogens is 3. The van der Waals surface area contributed by atoms with Gasteiger partial charge in [-0.3, -0.25) is 9.69 Å². The third-order valence-electron chi connectivity index (χ3n) is 2.31. The molecule has 0 aliphatic heterocycles. The van der Waals surface area contributed by atoms with Gasteiger partial charge in [0.25, 0.3) is 5.82 Å². The van der Waals surface area contributed by atoms with Gasteiger partial charge >= 0.3 is 18.1 Å². The number of ether oxygens (including phenoxy) is 2. The van der Waals surface area contributed by atoms with Crippen molar-refractivity contribution in [3.05, 3.63) is 12.2 Å². The van der Waals surface area contributed by atoms with E-state index in [2.05, 4.69) is 19.6 Å². The van der Waals surface area contributed by atoms with E-state index in [-0.39, 0.29) is 19.1 Å². The third-order valence-corrected chi connectivity index (χ3v) is 2.31. The van der Waals surface area contributed by atoms with Crippen molar-refractivity contribution in [2.75, 3.05) is 26.8 Å². The molecule has 1 heterocycles. The van der Waals surface area contributed by atoms with Gasteiger partial charge in [0.15, 0.2) is 0 Å². The van der Waals surface area contributed by atoms with Gasteiger partial charge in [-0.1, -0.05) is 0 Å². The van der Waals surface area contributed by atoms with Crippen LogP contribution in [0.4, 0.5) is 13.2 Å². The maximum Gasteiger partial charge on any atom is 0.401 e. The second kappa shape index (κ2) is 7.73. The van der Waals surface area contributed by atoms with Crippen LogP contribution in [0.15, 0.2) is 6.33 Å². The molecule has 0 spiro atoms. The van der Waals surface area contributed by atoms with Crippen molar-refractivity contribution < 1.29 is 32.2 Å². The van der Waals surface area contributed by atoms with E-state index in [4.69, 9.17) is 0 Å². The van der Waals surface area contributed by atoms with Crippen LogP contribution in [0.3, 0.4) is 0 Å². The molecule has 0 unspecified atom stereocenters. The molecular formula is C11H15F3N4O4. The fourth-order valence-corrected chi connectivity index (χ4v) is 1.55. The Balaban J connectivity index is 2.76. The van der Waals surface area contributed by atoms with E-state index >= 15 is 0 Å². The first-order valence-corrected chi connectivity index (χ1v) is 6.17. The number of methoxy groups -OCH3 is 1. The molecule has 0 amide bonds. The Bertz CT molecular complexity index is 518. The molecule has 0 radical (unpaired) electrons. The second-order valence-electron chi connectivity index (χ2n) is 4.15. The molecule has 0 saturated heterocycles. The van der Waals surface area contributed by atoms with Crippen LogP contribution in [0.1, 0.15) is 17.5 Å². The van der Waals surface area contributed by atoms with E-state index in [9.17, 15) is 22.8 Å². The number of rotatable bonds is 7. The third kappa shape index (κ3) is 6.08. The van der Waals surface area contributed by atoms with Gasteiger partial charge in [0.2, 0.25) is 0 Å². The van der Waals surface area contributed by atoms with Crippen LogP contribution < -0.4 is 0 Å². The minimum Gasteiger partial charge on any atom is -0.465 e. The maximum atomic E-state index is 12.5. The fourth-order valence-electron chi connectivity index (χ4n) is 1.55. The van der Waals surface area contributed by atoms with E-state index in [1.165, 1.54) is 0 Å². The van der Waals surface area contributed by atoms with Crippen molar-refractivity contribution in [2.24, 2.45) is 0 Å². The van der Waals surface area contributed by atoms with Crippen LogP contribution in [0.5, 0.6) is 0 Å². The first-order chi connectivity index (χ1) is 10.2. The lowest BCUT2D eigenvalue weighted by Gasteiger charge is -2.22. The lowest BCUT2D eigenvalue weighted by Crippen LogP contribution is -2.39. The monoisotopic (exact) mass is 324 g/mol. The van der Waals surface area contributed by atoms with Gasteiger partial charge in [-0.2, -0.15) is 13.2 Å². The second-order valence-corrected chi connectivity index (χ2v) is 4.15. The van der Waals surface area contributed by atoms with Crippen LogP contribution in [0, 0.1) is 0 Å². The SMILES string of the molecule is CCOC(=O)CN(Cn1cnc(C(=O)OC)n1)CC(F)(F)F. The molecule has 8 nitrogen and oxygen atoms in total. The Morgan fingerprint density at radius 3 is 2.64 bits per heavy atom. The Labute approximate surface area is 123 Å². The van der Waals surface area contributed by atoms with E-state index in [0.717, 1.165) is 23.0 Å². The predicted octanol–water partition coefficient (Wildman–Crippen LogP) is 0.450. The number of carbonyl (C=O) groups excluding carboxylic acids is 2. The first-order valence-electron chi connectivity index (χ1n) is 6.17. The highest BCUT2D eigenvalue weighted by Gasteiger charge is 2.32. The summed E-state index contributed by atoms with van der Waals surface area (Å²) < 4.78 is 47.6. The van der Waals surface area contributed by atoms with E-state index < -0.39 is 31.2 Å². The van der Waals surface area contributed by atoms with Crippen molar-refractivity contribution in [1.29, 1.82) is 0 Å². The minimum atomic E-state index is -4.50. The standard InChI is InChI=1S/C11H15F3N4O4/c1-3-22-8(19)4-17(5-11(12,13)14)7-18-6-15-9(16-18)10(20)21-2/h6H,3-5,7H2,1-2H3. The van der Waals surface area contributed by atoms with Crippen LogP contribution >= 0.6 is 0 Å². The lowest BCUT2D eigenvalue weighted by molar-refractivity contribution is -0.159. The molecule has 1 aromatic heterocycles. The number of nitrogens with zero attached hydrogens (tertiary/aromatic N) is 4. The summed E-state index contributed by atoms with van der Waals surface area (Å²) in [5.41, 5.74) is 0. The van der Waals surface area contributed by atoms with Crippen LogP contribution in [0.25, 0.3) is 0 Å². The summed E-state index contributed by atoms with van der Waals surface area (Å²) in [5, 5.41) is 3.67. The van der Waals surface area contributed by atoms with Gasteiger partial charge in [0, 0.05) is 0 Å². The maximum absolute atomic E-state index is 12.5. The molecule has 0 aromatic carbocycles.